The van der Waals surface area contributed by atoms with E-state index in [1.54, 1.807) is 0 Å². The van der Waals surface area contributed by atoms with Crippen molar-refractivity contribution in [3.63, 3.8) is 0 Å². The highest BCUT2D eigenvalue weighted by molar-refractivity contribution is 5.62. The van der Waals surface area contributed by atoms with Gasteiger partial charge >= 0.3 is 0 Å². The minimum absolute atomic E-state index is 0.491. The second-order valence-corrected chi connectivity index (χ2v) is 3.98. The average Bonchev–Trinajstić information content (AvgIpc) is 2.04. The highest BCUT2D eigenvalue weighted by Gasteiger charge is 1.91. The monoisotopic (exact) mass is 181 g/mol. The molecule has 1 atom stereocenters. The van der Waals surface area contributed by atoms with Crippen molar-refractivity contribution in [3.8, 4) is 0 Å². The van der Waals surface area contributed by atoms with Crippen molar-refractivity contribution in [3.05, 3.63) is 12.2 Å². The van der Waals surface area contributed by atoms with Crippen LogP contribution >= 0.6 is 0 Å². The number of rotatable bonds is 6. The van der Waals surface area contributed by atoms with Gasteiger partial charge in [-0.05, 0) is 12.3 Å². The lowest BCUT2D eigenvalue weighted by molar-refractivity contribution is 0.665. The Kier molecular flexibility index (Phi) is 7.66. The third-order valence-corrected chi connectivity index (χ3v) is 1.71. The lowest BCUT2D eigenvalue weighted by atomic mass is 10.1. The number of hydrogen-bond donors (Lipinski definition) is 0. The molecule has 0 fully saturated rings. The van der Waals surface area contributed by atoms with Crippen LogP contribution in [0.2, 0.25) is 0 Å². The van der Waals surface area contributed by atoms with Gasteiger partial charge in [0.1, 0.15) is 0 Å². The van der Waals surface area contributed by atoms with Gasteiger partial charge in [-0.3, -0.25) is 4.99 Å². The first-order chi connectivity index (χ1) is 6.16. The van der Waals surface area contributed by atoms with Crippen molar-refractivity contribution in [2.45, 2.75) is 40.5 Å². The zero-order valence-corrected chi connectivity index (χ0v) is 9.46. The molecular formula is C12H23N. The first kappa shape index (κ1) is 12.4. The molecule has 0 saturated carbocycles. The van der Waals surface area contributed by atoms with Crippen molar-refractivity contribution in [2.24, 2.45) is 16.8 Å². The summed E-state index contributed by atoms with van der Waals surface area (Å²) in [6.45, 7) is 9.70. The third-order valence-electron chi connectivity index (χ3n) is 1.71. The van der Waals surface area contributed by atoms with Crippen LogP contribution in [0.3, 0.4) is 0 Å². The summed E-state index contributed by atoms with van der Waals surface area (Å²) < 4.78 is 0. The van der Waals surface area contributed by atoms with Gasteiger partial charge in [0.05, 0.1) is 0 Å². The molecule has 0 aromatic rings. The van der Waals surface area contributed by atoms with E-state index in [0.717, 1.165) is 6.54 Å². The molecule has 1 unspecified atom stereocenters. The quantitative estimate of drug-likeness (QED) is 0.437. The molecule has 13 heavy (non-hydrogen) atoms. The summed E-state index contributed by atoms with van der Waals surface area (Å²) in [4.78, 5) is 4.37. The fourth-order valence-electron chi connectivity index (χ4n) is 0.965. The van der Waals surface area contributed by atoms with Gasteiger partial charge in [-0.1, -0.05) is 46.3 Å². The van der Waals surface area contributed by atoms with Gasteiger partial charge in [-0.15, -0.1) is 0 Å². The van der Waals surface area contributed by atoms with Gasteiger partial charge < -0.3 is 0 Å². The zero-order chi connectivity index (χ0) is 10.1. The van der Waals surface area contributed by atoms with Gasteiger partial charge in [0.25, 0.3) is 0 Å². The largest absolute Gasteiger partial charge is 0.297 e. The van der Waals surface area contributed by atoms with E-state index in [4.69, 9.17) is 0 Å². The maximum absolute atomic E-state index is 4.37. The highest BCUT2D eigenvalue weighted by Crippen LogP contribution is 1.98. The van der Waals surface area contributed by atoms with Crippen LogP contribution in [0.5, 0.6) is 0 Å². The van der Waals surface area contributed by atoms with Crippen molar-refractivity contribution in [1.82, 2.24) is 0 Å². The van der Waals surface area contributed by atoms with Crippen molar-refractivity contribution < 1.29 is 0 Å². The summed E-state index contributed by atoms with van der Waals surface area (Å²) in [7, 11) is 0. The van der Waals surface area contributed by atoms with Gasteiger partial charge in [-0.25, -0.2) is 0 Å². The van der Waals surface area contributed by atoms with Crippen LogP contribution in [0.15, 0.2) is 17.1 Å². The minimum atomic E-state index is 0.491. The summed E-state index contributed by atoms with van der Waals surface area (Å²) in [5.74, 6) is 1.16. The zero-order valence-electron chi connectivity index (χ0n) is 9.46. The highest BCUT2D eigenvalue weighted by atomic mass is 14.7. The van der Waals surface area contributed by atoms with E-state index in [9.17, 15) is 0 Å². The molecule has 0 aromatic carbocycles. The summed E-state index contributed by atoms with van der Waals surface area (Å²) in [5.41, 5.74) is 0. The molecule has 1 nitrogen and oxygen atoms in total. The Labute approximate surface area is 83.0 Å². The fourth-order valence-corrected chi connectivity index (χ4v) is 0.965. The molecule has 0 N–H and O–H groups in total. The maximum atomic E-state index is 4.37. The molecule has 0 amide bonds. The topological polar surface area (TPSA) is 12.4 Å². The van der Waals surface area contributed by atoms with Crippen LogP contribution in [0, 0.1) is 11.8 Å². The van der Waals surface area contributed by atoms with Gasteiger partial charge in [-0.2, -0.15) is 0 Å². The Morgan fingerprint density at radius 3 is 2.46 bits per heavy atom. The Morgan fingerprint density at radius 1 is 1.23 bits per heavy atom. The molecule has 0 aliphatic carbocycles. The summed E-state index contributed by atoms with van der Waals surface area (Å²) in [6.07, 6.45) is 8.93. The molecule has 0 aliphatic rings. The Morgan fingerprint density at radius 2 is 1.92 bits per heavy atom. The maximum Gasteiger partial charge on any atom is 0.0408 e. The molecule has 0 spiro atoms. The van der Waals surface area contributed by atoms with Crippen LogP contribution in [0.4, 0.5) is 0 Å². The van der Waals surface area contributed by atoms with Crippen LogP contribution in [0.25, 0.3) is 0 Å². The second kappa shape index (κ2) is 8.03. The van der Waals surface area contributed by atoms with Gasteiger partial charge in [0.15, 0.2) is 0 Å². The summed E-state index contributed by atoms with van der Waals surface area (Å²) in [5, 5.41) is 0. The van der Waals surface area contributed by atoms with Crippen molar-refractivity contribution in [1.29, 1.82) is 0 Å². The molecule has 0 rings (SSSR count). The molecule has 0 bridgehead atoms. The average molecular weight is 181 g/mol. The summed E-state index contributed by atoms with van der Waals surface area (Å²) in [6, 6.07) is 0. The number of allylic oxidation sites excluding steroid dienone is 2. The normalized spacial score (nSPS) is 14.8. The third kappa shape index (κ3) is 9.32. The van der Waals surface area contributed by atoms with E-state index in [1.165, 1.54) is 12.8 Å². The SMILES string of the molecule is CCC/C=C\C(C)C=NCC(C)C. The molecule has 0 heterocycles. The molecule has 0 radical (unpaired) electrons. The van der Waals surface area contributed by atoms with E-state index in [0.29, 0.717) is 11.8 Å². The lowest BCUT2D eigenvalue weighted by Crippen LogP contribution is -1.96. The van der Waals surface area contributed by atoms with E-state index >= 15 is 0 Å². The van der Waals surface area contributed by atoms with Crippen molar-refractivity contribution >= 4 is 6.21 Å². The van der Waals surface area contributed by atoms with Crippen molar-refractivity contribution in [2.75, 3.05) is 6.54 Å². The van der Waals surface area contributed by atoms with Gasteiger partial charge in [0, 0.05) is 18.7 Å². The molecule has 0 aromatic heterocycles. The number of nitrogens with zero attached hydrogens (tertiary/aromatic N) is 1. The van der Waals surface area contributed by atoms with Crippen LogP contribution < -0.4 is 0 Å². The summed E-state index contributed by atoms with van der Waals surface area (Å²) >= 11 is 0. The van der Waals surface area contributed by atoms with E-state index in [1.807, 2.05) is 6.21 Å². The smallest absolute Gasteiger partial charge is 0.0408 e. The van der Waals surface area contributed by atoms with E-state index in [2.05, 4.69) is 44.8 Å². The number of hydrogen-bond acceptors (Lipinski definition) is 1. The number of aliphatic imine (C=N–C) groups is 1. The number of unbranched alkanes of at least 4 members (excludes halogenated alkanes) is 1. The standard InChI is InChI=1S/C12H23N/c1-5-6-7-8-12(4)10-13-9-11(2)3/h7-8,10-12H,5-6,9H2,1-4H3/b8-7-,13-10?. The first-order valence-electron chi connectivity index (χ1n) is 5.33. The predicted octanol–water partition coefficient (Wildman–Crippen LogP) is 3.71. The Hall–Kier alpha value is -0.590. The minimum Gasteiger partial charge on any atom is -0.297 e. The van der Waals surface area contributed by atoms with Crippen LogP contribution in [-0.2, 0) is 0 Å². The van der Waals surface area contributed by atoms with E-state index < -0.39 is 0 Å². The molecule has 0 saturated heterocycles. The Balaban J connectivity index is 3.60. The van der Waals surface area contributed by atoms with Gasteiger partial charge in [0.2, 0.25) is 0 Å². The fraction of sp³-hybridized carbons (Fsp3) is 0.750. The predicted molar refractivity (Wildman–Crippen MR) is 61.4 cm³/mol. The Bertz CT molecular complexity index is 157. The second-order valence-electron chi connectivity index (χ2n) is 3.98. The molecule has 76 valence electrons. The molecule has 0 aliphatic heterocycles. The molecule has 1 heteroatoms. The van der Waals surface area contributed by atoms with Crippen LogP contribution in [-0.4, -0.2) is 12.8 Å². The first-order valence-corrected chi connectivity index (χ1v) is 5.33. The molecular weight excluding hydrogens is 158 g/mol. The lowest BCUT2D eigenvalue weighted by Gasteiger charge is -1.99. The van der Waals surface area contributed by atoms with Crippen LogP contribution in [0.1, 0.15) is 40.5 Å². The van der Waals surface area contributed by atoms with E-state index in [-0.39, 0.29) is 0 Å².